The first-order chi connectivity index (χ1) is 12.9. The van der Waals surface area contributed by atoms with Gasteiger partial charge in [-0.25, -0.2) is 0 Å². The standard InChI is InChI=1S/C21H22N4O2/c22-10-20(11-23)7-16(9-26)18(25)21(20,12-24)8-17(27)19-4-13-1-14(5-19)3-15(2-13)6-19/h9,13-15H,1-8,25H2/t13?,14?,15?,19?,21-/m0/s1. The molecule has 5 aliphatic carbocycles. The number of nitrogens with two attached hydrogens (primary N) is 1. The van der Waals surface area contributed by atoms with Crippen LogP contribution in [0.4, 0.5) is 0 Å². The molecule has 2 N–H and O–H groups in total. The minimum Gasteiger partial charge on any atom is -0.400 e. The summed E-state index contributed by atoms with van der Waals surface area (Å²) in [5, 5.41) is 29.5. The summed E-state index contributed by atoms with van der Waals surface area (Å²) in [6.07, 6.45) is 6.15. The van der Waals surface area contributed by atoms with Crippen LogP contribution in [0.25, 0.3) is 0 Å². The molecular weight excluding hydrogens is 340 g/mol. The molecule has 27 heavy (non-hydrogen) atoms. The van der Waals surface area contributed by atoms with Crippen LogP contribution in [0.2, 0.25) is 0 Å². The third kappa shape index (κ3) is 2.15. The lowest BCUT2D eigenvalue weighted by molar-refractivity contribution is -0.145. The third-order valence-electron chi connectivity index (χ3n) is 7.76. The topological polar surface area (TPSA) is 132 Å². The minimum atomic E-state index is -1.79. The molecule has 6 heteroatoms. The Hall–Kier alpha value is -2.65. The summed E-state index contributed by atoms with van der Waals surface area (Å²) >= 11 is 0. The summed E-state index contributed by atoms with van der Waals surface area (Å²) in [7, 11) is 0. The Morgan fingerprint density at radius 2 is 1.56 bits per heavy atom. The van der Waals surface area contributed by atoms with E-state index in [2.05, 4.69) is 0 Å². The molecule has 0 unspecified atom stereocenters. The normalized spacial score (nSPS) is 40.9. The number of Topliss-reactive ketones (excluding diaryl/α,β-unsaturated/α-hetero) is 1. The summed E-state index contributed by atoms with van der Waals surface area (Å²) in [5.74, 6) is 1.65. The van der Waals surface area contributed by atoms with Gasteiger partial charge in [-0.2, -0.15) is 15.8 Å². The maximum absolute atomic E-state index is 13.5. The van der Waals surface area contributed by atoms with Gasteiger partial charge in [0.2, 0.25) is 0 Å². The molecule has 5 rings (SSSR count). The van der Waals surface area contributed by atoms with E-state index in [9.17, 15) is 25.4 Å². The molecule has 6 nitrogen and oxygen atoms in total. The van der Waals surface area contributed by atoms with Gasteiger partial charge >= 0.3 is 0 Å². The van der Waals surface area contributed by atoms with E-state index in [0.717, 1.165) is 19.3 Å². The van der Waals surface area contributed by atoms with E-state index in [1.807, 2.05) is 18.2 Å². The van der Waals surface area contributed by atoms with Gasteiger partial charge in [0.1, 0.15) is 17.5 Å². The van der Waals surface area contributed by atoms with E-state index >= 15 is 0 Å². The van der Waals surface area contributed by atoms with Crippen molar-refractivity contribution in [3.8, 4) is 18.2 Å². The van der Waals surface area contributed by atoms with Gasteiger partial charge in [-0.3, -0.25) is 9.59 Å². The number of aldehydes is 1. The zero-order valence-corrected chi connectivity index (χ0v) is 15.2. The van der Waals surface area contributed by atoms with E-state index in [0.29, 0.717) is 24.0 Å². The SMILES string of the molecule is N#CC1(C#N)CC(C=O)=C(N)[C@@]1(C#N)CC(=O)C12CC3CC(CC(C3)C1)C2. The first-order valence-corrected chi connectivity index (χ1v) is 9.59. The first-order valence-electron chi connectivity index (χ1n) is 9.59. The van der Waals surface area contributed by atoms with E-state index in [-0.39, 0.29) is 29.9 Å². The lowest BCUT2D eigenvalue weighted by atomic mass is 9.47. The van der Waals surface area contributed by atoms with E-state index in [1.165, 1.54) is 19.3 Å². The Balaban J connectivity index is 1.73. The predicted molar refractivity (Wildman–Crippen MR) is 93.8 cm³/mol. The summed E-state index contributed by atoms with van der Waals surface area (Å²) in [6.45, 7) is 0. The second kappa shape index (κ2) is 5.67. The van der Waals surface area contributed by atoms with Gasteiger partial charge in [-0.15, -0.1) is 0 Å². The van der Waals surface area contributed by atoms with Crippen molar-refractivity contribution < 1.29 is 9.59 Å². The molecule has 4 saturated carbocycles. The Labute approximate surface area is 158 Å². The van der Waals surface area contributed by atoms with Gasteiger partial charge in [0.05, 0.1) is 18.2 Å². The molecule has 0 spiro atoms. The second-order valence-electron chi connectivity index (χ2n) is 9.18. The predicted octanol–water partition coefficient (Wildman–Crippen LogP) is 2.52. The molecule has 0 radical (unpaired) electrons. The number of allylic oxidation sites excluding steroid dienone is 2. The fourth-order valence-corrected chi connectivity index (χ4v) is 6.76. The second-order valence-corrected chi connectivity index (χ2v) is 9.18. The molecule has 0 amide bonds. The molecule has 1 atom stereocenters. The van der Waals surface area contributed by atoms with Crippen molar-refractivity contribution in [3.05, 3.63) is 11.3 Å². The number of nitriles is 3. The van der Waals surface area contributed by atoms with Crippen LogP contribution in [0.3, 0.4) is 0 Å². The molecule has 5 aliphatic rings. The molecule has 0 aliphatic heterocycles. The molecular formula is C21H22N4O2. The number of hydrogen-bond donors (Lipinski definition) is 1. The molecule has 0 aromatic carbocycles. The van der Waals surface area contributed by atoms with Crippen LogP contribution in [-0.4, -0.2) is 12.1 Å². The Bertz CT molecular complexity index is 832. The van der Waals surface area contributed by atoms with Gasteiger partial charge in [-0.05, 0) is 56.3 Å². The number of rotatable bonds is 4. The molecule has 0 aromatic rings. The lowest BCUT2D eigenvalue weighted by Crippen LogP contribution is -2.52. The maximum Gasteiger partial charge on any atom is 0.172 e. The van der Waals surface area contributed by atoms with Gasteiger partial charge in [-0.1, -0.05) is 0 Å². The van der Waals surface area contributed by atoms with Crippen LogP contribution in [-0.2, 0) is 9.59 Å². The summed E-state index contributed by atoms with van der Waals surface area (Å²) in [5.41, 5.74) is 2.16. The highest BCUT2D eigenvalue weighted by atomic mass is 16.1. The summed E-state index contributed by atoms with van der Waals surface area (Å²) < 4.78 is 0. The van der Waals surface area contributed by atoms with Gasteiger partial charge in [0.15, 0.2) is 5.41 Å². The van der Waals surface area contributed by atoms with Gasteiger partial charge < -0.3 is 5.73 Å². The van der Waals surface area contributed by atoms with Crippen molar-refractivity contribution in [2.45, 2.75) is 51.4 Å². The average Bonchev–Trinajstić information content (AvgIpc) is 2.89. The van der Waals surface area contributed by atoms with Crippen molar-refractivity contribution in [3.63, 3.8) is 0 Å². The van der Waals surface area contributed by atoms with Gasteiger partial charge in [0.25, 0.3) is 0 Å². The fourth-order valence-electron chi connectivity index (χ4n) is 6.76. The quantitative estimate of drug-likeness (QED) is 0.764. The van der Waals surface area contributed by atoms with Crippen molar-refractivity contribution in [1.29, 1.82) is 15.8 Å². The summed E-state index contributed by atoms with van der Waals surface area (Å²) in [6, 6.07) is 5.89. The van der Waals surface area contributed by atoms with Crippen LogP contribution in [0.1, 0.15) is 51.4 Å². The number of hydrogen-bond acceptors (Lipinski definition) is 6. The fraction of sp³-hybridized carbons (Fsp3) is 0.667. The average molecular weight is 362 g/mol. The maximum atomic E-state index is 13.5. The molecule has 0 aromatic heterocycles. The Kier molecular flexibility index (Phi) is 3.73. The Morgan fingerprint density at radius 1 is 1.04 bits per heavy atom. The number of ketones is 1. The largest absolute Gasteiger partial charge is 0.400 e. The van der Waals surface area contributed by atoms with Crippen molar-refractivity contribution in [2.75, 3.05) is 0 Å². The Morgan fingerprint density at radius 3 is 1.96 bits per heavy atom. The molecule has 4 bridgehead atoms. The lowest BCUT2D eigenvalue weighted by Gasteiger charge is -2.56. The van der Waals surface area contributed by atoms with Crippen LogP contribution < -0.4 is 5.73 Å². The van der Waals surface area contributed by atoms with Crippen molar-refractivity contribution >= 4 is 12.1 Å². The molecule has 4 fully saturated rings. The highest BCUT2D eigenvalue weighted by molar-refractivity contribution is 5.88. The number of carbonyl (C=O) groups is 2. The highest BCUT2D eigenvalue weighted by Gasteiger charge is 2.64. The number of nitrogens with zero attached hydrogens (tertiary/aromatic N) is 3. The van der Waals surface area contributed by atoms with E-state index in [4.69, 9.17) is 5.73 Å². The monoisotopic (exact) mass is 362 g/mol. The van der Waals surface area contributed by atoms with Crippen LogP contribution >= 0.6 is 0 Å². The molecule has 0 heterocycles. The number of carbonyl (C=O) groups excluding carboxylic acids is 2. The van der Waals surface area contributed by atoms with Crippen molar-refractivity contribution in [2.24, 2.45) is 39.7 Å². The molecule has 138 valence electrons. The smallest absolute Gasteiger partial charge is 0.172 e. The van der Waals surface area contributed by atoms with E-state index < -0.39 is 16.2 Å². The highest BCUT2D eigenvalue weighted by Crippen LogP contribution is 2.63. The van der Waals surface area contributed by atoms with Gasteiger partial charge in [0, 0.05) is 29.5 Å². The van der Waals surface area contributed by atoms with Crippen LogP contribution in [0.5, 0.6) is 0 Å². The summed E-state index contributed by atoms with van der Waals surface area (Å²) in [4.78, 5) is 24.9. The van der Waals surface area contributed by atoms with Crippen molar-refractivity contribution in [1.82, 2.24) is 0 Å². The van der Waals surface area contributed by atoms with Crippen LogP contribution in [0, 0.1) is 68.0 Å². The third-order valence-corrected chi connectivity index (χ3v) is 7.76. The first kappa shape index (κ1) is 17.7. The molecule has 0 saturated heterocycles. The zero-order chi connectivity index (χ0) is 19.4. The van der Waals surface area contributed by atoms with Crippen LogP contribution in [0.15, 0.2) is 11.3 Å². The van der Waals surface area contributed by atoms with E-state index in [1.54, 1.807) is 0 Å². The minimum absolute atomic E-state index is 0.0480. The zero-order valence-electron chi connectivity index (χ0n) is 15.2.